The van der Waals surface area contributed by atoms with Gasteiger partial charge < -0.3 is 5.73 Å². The van der Waals surface area contributed by atoms with Crippen LogP contribution in [0.4, 0.5) is 0 Å². The van der Waals surface area contributed by atoms with Crippen molar-refractivity contribution in [1.29, 1.82) is 0 Å². The minimum atomic E-state index is 0.549. The van der Waals surface area contributed by atoms with E-state index < -0.39 is 0 Å². The topological polar surface area (TPSA) is 47.1 Å². The van der Waals surface area contributed by atoms with E-state index in [1.807, 2.05) is 11.7 Å². The molecule has 4 nitrogen and oxygen atoms in total. The van der Waals surface area contributed by atoms with Crippen molar-refractivity contribution in [3.05, 3.63) is 17.5 Å². The Hall–Kier alpha value is -0.870. The number of hydrogen-bond acceptors (Lipinski definition) is 3. The molecule has 2 rings (SSSR count). The van der Waals surface area contributed by atoms with Gasteiger partial charge in [0.25, 0.3) is 0 Å². The number of nitrogens with zero attached hydrogens (tertiary/aromatic N) is 3. The zero-order chi connectivity index (χ0) is 13.0. The summed E-state index contributed by atoms with van der Waals surface area (Å²) < 4.78 is 2.03. The fraction of sp³-hybridized carbons (Fsp3) is 0.786. The van der Waals surface area contributed by atoms with Gasteiger partial charge in [0.2, 0.25) is 0 Å². The molecule has 0 radical (unpaired) electrons. The number of likely N-dealkylation sites (tertiary alicyclic amines) is 1. The maximum Gasteiger partial charge on any atom is 0.0625 e. The zero-order valence-corrected chi connectivity index (χ0v) is 11.7. The van der Waals surface area contributed by atoms with Gasteiger partial charge in [-0.3, -0.25) is 9.58 Å². The Morgan fingerprint density at radius 3 is 2.89 bits per heavy atom. The zero-order valence-electron chi connectivity index (χ0n) is 11.7. The summed E-state index contributed by atoms with van der Waals surface area (Å²) in [5, 5.41) is 4.53. The van der Waals surface area contributed by atoms with Gasteiger partial charge in [-0.15, -0.1) is 0 Å². The molecule has 0 aromatic carbocycles. The number of aromatic nitrogens is 2. The first-order valence-electron chi connectivity index (χ1n) is 7.20. The fourth-order valence-corrected chi connectivity index (χ4v) is 2.81. The van der Waals surface area contributed by atoms with E-state index in [1.165, 1.54) is 43.6 Å². The van der Waals surface area contributed by atoms with Gasteiger partial charge in [0.15, 0.2) is 0 Å². The van der Waals surface area contributed by atoms with E-state index in [2.05, 4.69) is 23.0 Å². The molecule has 1 unspecified atom stereocenters. The lowest BCUT2D eigenvalue weighted by Gasteiger charge is -2.28. The minimum Gasteiger partial charge on any atom is -0.329 e. The van der Waals surface area contributed by atoms with Gasteiger partial charge in [-0.1, -0.05) is 19.8 Å². The third-order valence-electron chi connectivity index (χ3n) is 4.03. The summed E-state index contributed by atoms with van der Waals surface area (Å²) in [7, 11) is 2.05. The summed E-state index contributed by atoms with van der Waals surface area (Å²) in [6.45, 7) is 5.10. The van der Waals surface area contributed by atoms with Crippen molar-refractivity contribution in [2.24, 2.45) is 12.8 Å². The molecule has 1 aromatic rings. The van der Waals surface area contributed by atoms with E-state index in [0.717, 1.165) is 19.5 Å². The molecule has 2 N–H and O–H groups in total. The number of aryl methyl sites for hydroxylation is 2. The van der Waals surface area contributed by atoms with Crippen LogP contribution in [0.3, 0.4) is 0 Å². The molecule has 2 heterocycles. The molecule has 18 heavy (non-hydrogen) atoms. The molecular formula is C14H26N4. The summed E-state index contributed by atoms with van der Waals surface area (Å²) in [5.74, 6) is 0. The average molecular weight is 250 g/mol. The van der Waals surface area contributed by atoms with Crippen molar-refractivity contribution < 1.29 is 0 Å². The molecule has 1 aliphatic rings. The van der Waals surface area contributed by atoms with Crippen LogP contribution in [0.1, 0.15) is 44.0 Å². The van der Waals surface area contributed by atoms with Crippen molar-refractivity contribution in [2.75, 3.05) is 13.1 Å². The molecule has 0 spiro atoms. The Bertz CT molecular complexity index is 372. The molecule has 1 atom stereocenters. The molecule has 1 aliphatic heterocycles. The molecule has 1 saturated heterocycles. The van der Waals surface area contributed by atoms with Crippen LogP contribution in [0, 0.1) is 0 Å². The quantitative estimate of drug-likeness (QED) is 0.884. The van der Waals surface area contributed by atoms with Crippen LogP contribution in [-0.4, -0.2) is 33.8 Å². The lowest BCUT2D eigenvalue weighted by molar-refractivity contribution is 0.191. The van der Waals surface area contributed by atoms with Crippen LogP contribution < -0.4 is 5.73 Å². The smallest absolute Gasteiger partial charge is 0.0625 e. The maximum atomic E-state index is 5.92. The van der Waals surface area contributed by atoms with Crippen molar-refractivity contribution in [1.82, 2.24) is 14.7 Å². The van der Waals surface area contributed by atoms with Crippen molar-refractivity contribution in [3.63, 3.8) is 0 Å². The van der Waals surface area contributed by atoms with E-state index in [4.69, 9.17) is 5.73 Å². The number of nitrogens with two attached hydrogens (primary N) is 1. The molecule has 0 amide bonds. The van der Waals surface area contributed by atoms with Gasteiger partial charge in [-0.25, -0.2) is 0 Å². The SMILES string of the molecule is CCc1cc(CN2CCCCCC2CN)n(C)n1. The third-order valence-corrected chi connectivity index (χ3v) is 4.03. The second kappa shape index (κ2) is 6.34. The second-order valence-corrected chi connectivity index (χ2v) is 5.31. The Morgan fingerprint density at radius 1 is 1.39 bits per heavy atom. The third kappa shape index (κ3) is 3.12. The largest absolute Gasteiger partial charge is 0.329 e. The number of hydrogen-bond donors (Lipinski definition) is 1. The summed E-state index contributed by atoms with van der Waals surface area (Å²) in [6, 6.07) is 2.78. The maximum absolute atomic E-state index is 5.92. The van der Waals surface area contributed by atoms with Crippen LogP contribution in [0.25, 0.3) is 0 Å². The summed E-state index contributed by atoms with van der Waals surface area (Å²) in [6.07, 6.45) is 6.22. The lowest BCUT2D eigenvalue weighted by atomic mass is 10.1. The standard InChI is InChI=1S/C14H26N4/c1-3-12-9-14(17(2)16-12)11-18-8-6-4-5-7-13(18)10-15/h9,13H,3-8,10-11,15H2,1-2H3. The summed E-state index contributed by atoms with van der Waals surface area (Å²) >= 11 is 0. The van der Waals surface area contributed by atoms with Gasteiger partial charge in [0, 0.05) is 26.2 Å². The van der Waals surface area contributed by atoms with Crippen molar-refractivity contribution in [3.8, 4) is 0 Å². The predicted molar refractivity (Wildman–Crippen MR) is 74.3 cm³/mol. The van der Waals surface area contributed by atoms with Gasteiger partial charge in [-0.05, 0) is 31.9 Å². The van der Waals surface area contributed by atoms with Crippen molar-refractivity contribution in [2.45, 2.75) is 51.6 Å². The summed E-state index contributed by atoms with van der Waals surface area (Å²) in [4.78, 5) is 2.55. The van der Waals surface area contributed by atoms with Crippen LogP contribution in [-0.2, 0) is 20.0 Å². The molecule has 1 aromatic heterocycles. The Kier molecular flexibility index (Phi) is 4.78. The van der Waals surface area contributed by atoms with E-state index in [1.54, 1.807) is 0 Å². The predicted octanol–water partition coefficient (Wildman–Crippen LogP) is 1.69. The first-order chi connectivity index (χ1) is 8.74. The highest BCUT2D eigenvalue weighted by atomic mass is 15.3. The van der Waals surface area contributed by atoms with Crippen LogP contribution >= 0.6 is 0 Å². The summed E-state index contributed by atoms with van der Waals surface area (Å²) in [5.41, 5.74) is 8.42. The van der Waals surface area contributed by atoms with E-state index in [9.17, 15) is 0 Å². The second-order valence-electron chi connectivity index (χ2n) is 5.31. The Labute approximate surface area is 110 Å². The number of rotatable bonds is 4. The van der Waals surface area contributed by atoms with Gasteiger partial charge >= 0.3 is 0 Å². The first-order valence-corrected chi connectivity index (χ1v) is 7.20. The molecule has 102 valence electrons. The molecule has 1 fully saturated rings. The van der Waals surface area contributed by atoms with Gasteiger partial charge in [0.1, 0.15) is 0 Å². The fourth-order valence-electron chi connectivity index (χ4n) is 2.81. The molecular weight excluding hydrogens is 224 g/mol. The van der Waals surface area contributed by atoms with E-state index in [0.29, 0.717) is 6.04 Å². The Balaban J connectivity index is 2.07. The highest BCUT2D eigenvalue weighted by molar-refractivity contribution is 5.10. The average Bonchev–Trinajstić information content (AvgIpc) is 2.60. The molecule has 4 heteroatoms. The van der Waals surface area contributed by atoms with Crippen LogP contribution in [0.5, 0.6) is 0 Å². The molecule has 0 aliphatic carbocycles. The lowest BCUT2D eigenvalue weighted by Crippen LogP contribution is -2.40. The Morgan fingerprint density at radius 2 is 2.22 bits per heavy atom. The van der Waals surface area contributed by atoms with E-state index >= 15 is 0 Å². The van der Waals surface area contributed by atoms with E-state index in [-0.39, 0.29) is 0 Å². The van der Waals surface area contributed by atoms with Crippen LogP contribution in [0.15, 0.2) is 6.07 Å². The highest BCUT2D eigenvalue weighted by Gasteiger charge is 2.20. The molecule has 0 bridgehead atoms. The highest BCUT2D eigenvalue weighted by Crippen LogP contribution is 2.19. The first kappa shape index (κ1) is 13.6. The van der Waals surface area contributed by atoms with Crippen molar-refractivity contribution >= 4 is 0 Å². The monoisotopic (exact) mass is 250 g/mol. The van der Waals surface area contributed by atoms with Gasteiger partial charge in [-0.2, -0.15) is 5.10 Å². The van der Waals surface area contributed by atoms with Crippen LogP contribution in [0.2, 0.25) is 0 Å². The minimum absolute atomic E-state index is 0.549. The normalized spacial score (nSPS) is 22.1. The molecule has 0 saturated carbocycles. The van der Waals surface area contributed by atoms with Gasteiger partial charge in [0.05, 0.1) is 11.4 Å².